The highest BCUT2D eigenvalue weighted by atomic mass is 16.5. The van der Waals surface area contributed by atoms with Gasteiger partial charge in [0.15, 0.2) is 0 Å². The van der Waals surface area contributed by atoms with Crippen molar-refractivity contribution in [1.29, 1.82) is 0 Å². The molecule has 94 valence electrons. The highest BCUT2D eigenvalue weighted by Gasteiger charge is 2.17. The van der Waals surface area contributed by atoms with Gasteiger partial charge in [-0.3, -0.25) is 0 Å². The van der Waals surface area contributed by atoms with E-state index < -0.39 is 0 Å². The molecule has 0 spiro atoms. The highest BCUT2D eigenvalue weighted by Crippen LogP contribution is 2.20. The van der Waals surface area contributed by atoms with Crippen molar-refractivity contribution < 1.29 is 9.47 Å². The molecule has 0 unspecified atom stereocenters. The third-order valence-corrected chi connectivity index (χ3v) is 3.73. The number of hydrogen-bond donors (Lipinski definition) is 0. The number of hydrogen-bond acceptors (Lipinski definition) is 3. The molecule has 1 aromatic rings. The van der Waals surface area contributed by atoms with Crippen molar-refractivity contribution in [1.82, 2.24) is 9.55 Å². The first-order valence-corrected chi connectivity index (χ1v) is 6.66. The van der Waals surface area contributed by atoms with Gasteiger partial charge in [-0.25, -0.2) is 4.98 Å². The van der Waals surface area contributed by atoms with Gasteiger partial charge in [0.25, 0.3) is 0 Å². The summed E-state index contributed by atoms with van der Waals surface area (Å²) in [7, 11) is 0. The first-order valence-electron chi connectivity index (χ1n) is 6.66. The molecule has 0 bridgehead atoms. The lowest BCUT2D eigenvalue weighted by molar-refractivity contribution is -0.0575. The van der Waals surface area contributed by atoms with Gasteiger partial charge in [0.05, 0.1) is 18.1 Å². The molecule has 4 heteroatoms. The maximum Gasteiger partial charge on any atom is 0.124 e. The molecule has 0 N–H and O–H groups in total. The summed E-state index contributed by atoms with van der Waals surface area (Å²) in [4.78, 5) is 4.48. The summed E-state index contributed by atoms with van der Waals surface area (Å²) in [5.74, 6) is 0. The van der Waals surface area contributed by atoms with Crippen LogP contribution >= 0.6 is 0 Å². The number of rotatable bonds is 3. The third-order valence-electron chi connectivity index (χ3n) is 3.73. The zero-order valence-corrected chi connectivity index (χ0v) is 10.2. The van der Waals surface area contributed by atoms with Gasteiger partial charge in [0.2, 0.25) is 0 Å². The van der Waals surface area contributed by atoms with E-state index in [1.54, 1.807) is 0 Å². The van der Waals surface area contributed by atoms with E-state index >= 15 is 0 Å². The van der Waals surface area contributed by atoms with E-state index in [-0.39, 0.29) is 0 Å². The Morgan fingerprint density at radius 3 is 3.00 bits per heavy atom. The fraction of sp³-hybridized carbons (Fsp3) is 0.769. The second-order valence-corrected chi connectivity index (χ2v) is 4.92. The summed E-state index contributed by atoms with van der Waals surface area (Å²) in [6.07, 6.45) is 9.22. The molecule has 0 radical (unpaired) electrons. The number of ether oxygens (including phenoxy) is 2. The molecule has 0 atom stereocenters. The van der Waals surface area contributed by atoms with E-state index in [2.05, 4.69) is 9.55 Å². The van der Waals surface area contributed by atoms with Crippen molar-refractivity contribution in [3.05, 3.63) is 17.7 Å². The second kappa shape index (κ2) is 5.19. The van der Waals surface area contributed by atoms with Crippen LogP contribution < -0.4 is 0 Å². The van der Waals surface area contributed by atoms with E-state index in [1.807, 2.05) is 6.33 Å². The van der Waals surface area contributed by atoms with Gasteiger partial charge in [0, 0.05) is 18.9 Å². The van der Waals surface area contributed by atoms with Crippen LogP contribution in [-0.2, 0) is 29.0 Å². The van der Waals surface area contributed by atoms with Gasteiger partial charge in [-0.2, -0.15) is 0 Å². The van der Waals surface area contributed by atoms with Gasteiger partial charge in [-0.05, 0) is 38.5 Å². The lowest BCUT2D eigenvalue weighted by atomic mass is 10.0. The Balaban J connectivity index is 1.59. The quantitative estimate of drug-likeness (QED) is 0.804. The van der Waals surface area contributed by atoms with E-state index in [1.165, 1.54) is 24.2 Å². The summed E-state index contributed by atoms with van der Waals surface area (Å²) < 4.78 is 13.4. The van der Waals surface area contributed by atoms with Crippen molar-refractivity contribution in [2.75, 3.05) is 13.2 Å². The molecule has 17 heavy (non-hydrogen) atoms. The Labute approximate surface area is 102 Å². The second-order valence-electron chi connectivity index (χ2n) is 4.92. The van der Waals surface area contributed by atoms with Crippen molar-refractivity contribution in [3.63, 3.8) is 0 Å². The third kappa shape index (κ3) is 2.53. The molecule has 3 rings (SSSR count). The van der Waals surface area contributed by atoms with Gasteiger partial charge in [-0.15, -0.1) is 0 Å². The van der Waals surface area contributed by atoms with Crippen LogP contribution in [0.1, 0.15) is 37.1 Å². The zero-order valence-electron chi connectivity index (χ0n) is 10.2. The summed E-state index contributed by atoms with van der Waals surface area (Å²) in [6, 6.07) is 0. The van der Waals surface area contributed by atoms with Crippen LogP contribution in [0.2, 0.25) is 0 Å². The van der Waals surface area contributed by atoms with E-state index in [4.69, 9.17) is 9.47 Å². The maximum atomic E-state index is 5.94. The molecule has 1 saturated heterocycles. The first-order chi connectivity index (χ1) is 8.43. The Hall–Kier alpha value is -0.870. The molecular formula is C13H20N2O2. The van der Waals surface area contributed by atoms with E-state index in [0.29, 0.717) is 12.8 Å². The number of aryl methyl sites for hydroxylation is 1. The van der Waals surface area contributed by atoms with Crippen LogP contribution in [-0.4, -0.2) is 28.9 Å². The summed E-state index contributed by atoms with van der Waals surface area (Å²) in [5, 5.41) is 0. The van der Waals surface area contributed by atoms with Crippen LogP contribution in [0.3, 0.4) is 0 Å². The predicted molar refractivity (Wildman–Crippen MR) is 63.8 cm³/mol. The number of aromatic nitrogens is 2. The smallest absolute Gasteiger partial charge is 0.124 e. The molecular weight excluding hydrogens is 216 g/mol. The summed E-state index contributed by atoms with van der Waals surface area (Å²) in [5.41, 5.74) is 2.68. The SMILES string of the molecule is c1nc2c(n1COC1CCOCC1)CCCC2. The first kappa shape index (κ1) is 11.2. The summed E-state index contributed by atoms with van der Waals surface area (Å²) in [6.45, 7) is 2.34. The summed E-state index contributed by atoms with van der Waals surface area (Å²) >= 11 is 0. The van der Waals surface area contributed by atoms with Crippen LogP contribution in [0.5, 0.6) is 0 Å². The number of nitrogens with zero attached hydrogens (tertiary/aromatic N) is 2. The number of imidazole rings is 1. The van der Waals surface area contributed by atoms with Crippen molar-refractivity contribution >= 4 is 0 Å². The minimum Gasteiger partial charge on any atom is -0.381 e. The normalized spacial score (nSPS) is 21.4. The van der Waals surface area contributed by atoms with Crippen LogP contribution in [0.25, 0.3) is 0 Å². The van der Waals surface area contributed by atoms with E-state index in [9.17, 15) is 0 Å². The molecule has 0 amide bonds. The molecule has 1 aliphatic carbocycles. The molecule has 2 heterocycles. The van der Waals surface area contributed by atoms with Crippen LogP contribution in [0.4, 0.5) is 0 Å². The molecule has 4 nitrogen and oxygen atoms in total. The molecule has 0 aromatic carbocycles. The minimum absolute atomic E-state index is 0.366. The van der Waals surface area contributed by atoms with Crippen LogP contribution in [0, 0.1) is 0 Å². The van der Waals surface area contributed by atoms with Crippen molar-refractivity contribution in [2.45, 2.75) is 51.4 Å². The van der Waals surface area contributed by atoms with Gasteiger partial charge >= 0.3 is 0 Å². The maximum absolute atomic E-state index is 5.94. The fourth-order valence-electron chi connectivity index (χ4n) is 2.67. The van der Waals surface area contributed by atoms with Gasteiger partial charge < -0.3 is 14.0 Å². The zero-order chi connectivity index (χ0) is 11.5. The Bertz CT molecular complexity index is 369. The Morgan fingerprint density at radius 2 is 2.12 bits per heavy atom. The monoisotopic (exact) mass is 236 g/mol. The Kier molecular flexibility index (Phi) is 3.43. The molecule has 0 saturated carbocycles. The van der Waals surface area contributed by atoms with Crippen molar-refractivity contribution in [3.8, 4) is 0 Å². The van der Waals surface area contributed by atoms with Gasteiger partial charge in [0.1, 0.15) is 6.73 Å². The fourth-order valence-corrected chi connectivity index (χ4v) is 2.67. The van der Waals surface area contributed by atoms with Gasteiger partial charge in [-0.1, -0.05) is 0 Å². The predicted octanol–water partition coefficient (Wildman–Crippen LogP) is 1.91. The Morgan fingerprint density at radius 1 is 1.29 bits per heavy atom. The number of fused-ring (bicyclic) bond motifs is 1. The molecule has 1 fully saturated rings. The lowest BCUT2D eigenvalue weighted by Crippen LogP contribution is -2.24. The topological polar surface area (TPSA) is 36.3 Å². The highest BCUT2D eigenvalue weighted by molar-refractivity contribution is 5.15. The molecule has 1 aliphatic heterocycles. The molecule has 1 aromatic heterocycles. The average molecular weight is 236 g/mol. The minimum atomic E-state index is 0.366. The molecule has 2 aliphatic rings. The average Bonchev–Trinajstić information content (AvgIpc) is 2.81. The standard InChI is InChI=1S/C13H20N2O2/c1-2-4-13-12(3-1)14-9-15(13)10-17-11-5-7-16-8-6-11/h9,11H,1-8,10H2. The lowest BCUT2D eigenvalue weighted by Gasteiger charge is -2.23. The van der Waals surface area contributed by atoms with E-state index in [0.717, 1.165) is 38.9 Å². The largest absolute Gasteiger partial charge is 0.381 e. The van der Waals surface area contributed by atoms with Crippen LogP contribution in [0.15, 0.2) is 6.33 Å². The van der Waals surface area contributed by atoms with Crippen molar-refractivity contribution in [2.24, 2.45) is 0 Å².